The third kappa shape index (κ3) is 2.18. The zero-order valence-corrected chi connectivity index (χ0v) is 11.1. The van der Waals surface area contributed by atoms with Gasteiger partial charge in [-0.2, -0.15) is 0 Å². The average molecular weight is 261 g/mol. The summed E-state index contributed by atoms with van der Waals surface area (Å²) < 4.78 is 0. The van der Waals surface area contributed by atoms with Gasteiger partial charge < -0.3 is 14.9 Å². The number of pyridine rings is 1. The summed E-state index contributed by atoms with van der Waals surface area (Å²) in [5.41, 5.74) is 0.861. The summed E-state index contributed by atoms with van der Waals surface area (Å²) in [5, 5.41) is 9.83. The quantitative estimate of drug-likeness (QED) is 0.861. The van der Waals surface area contributed by atoms with E-state index in [2.05, 4.69) is 9.88 Å². The van der Waals surface area contributed by atoms with Crippen molar-refractivity contribution in [3.8, 4) is 0 Å². The van der Waals surface area contributed by atoms with E-state index in [4.69, 9.17) is 0 Å². The predicted molar refractivity (Wildman–Crippen MR) is 71.8 cm³/mol. The van der Waals surface area contributed by atoms with Gasteiger partial charge in [0, 0.05) is 43.9 Å². The van der Waals surface area contributed by atoms with Gasteiger partial charge in [0.15, 0.2) is 0 Å². The fourth-order valence-electron chi connectivity index (χ4n) is 3.06. The molecular formula is C14H19N3O2. The number of hydrogen-bond donors (Lipinski definition) is 1. The Bertz CT molecular complexity index is 489. The Hall–Kier alpha value is -1.62. The van der Waals surface area contributed by atoms with Crippen molar-refractivity contribution in [2.75, 3.05) is 24.5 Å². The van der Waals surface area contributed by atoms with Crippen molar-refractivity contribution in [1.82, 2.24) is 9.88 Å². The molecule has 3 heterocycles. The van der Waals surface area contributed by atoms with Crippen LogP contribution in [0.25, 0.3) is 0 Å². The van der Waals surface area contributed by atoms with Gasteiger partial charge in [0.2, 0.25) is 5.91 Å². The Morgan fingerprint density at radius 1 is 1.47 bits per heavy atom. The first kappa shape index (κ1) is 12.4. The molecule has 3 rings (SSSR count). The monoisotopic (exact) mass is 261 g/mol. The molecule has 0 saturated carbocycles. The van der Waals surface area contributed by atoms with Crippen LogP contribution < -0.4 is 4.90 Å². The van der Waals surface area contributed by atoms with Crippen molar-refractivity contribution in [3.05, 3.63) is 23.9 Å². The third-order valence-corrected chi connectivity index (χ3v) is 4.06. The van der Waals surface area contributed by atoms with Crippen LogP contribution in [0, 0.1) is 0 Å². The molecule has 0 aromatic carbocycles. The van der Waals surface area contributed by atoms with Gasteiger partial charge in [-0.05, 0) is 19.4 Å². The van der Waals surface area contributed by atoms with Crippen molar-refractivity contribution < 1.29 is 9.90 Å². The van der Waals surface area contributed by atoms with Crippen LogP contribution in [0.2, 0.25) is 0 Å². The second-order valence-electron chi connectivity index (χ2n) is 5.32. The van der Waals surface area contributed by atoms with Gasteiger partial charge in [-0.25, -0.2) is 4.98 Å². The zero-order valence-electron chi connectivity index (χ0n) is 11.1. The summed E-state index contributed by atoms with van der Waals surface area (Å²) >= 11 is 0. The van der Waals surface area contributed by atoms with E-state index in [1.165, 1.54) is 0 Å². The van der Waals surface area contributed by atoms with E-state index < -0.39 is 6.10 Å². The van der Waals surface area contributed by atoms with Crippen LogP contribution in [0.1, 0.15) is 31.4 Å². The fraction of sp³-hybridized carbons (Fsp3) is 0.571. The maximum absolute atomic E-state index is 11.7. The lowest BCUT2D eigenvalue weighted by Crippen LogP contribution is -2.52. The van der Waals surface area contributed by atoms with Crippen LogP contribution in [0.15, 0.2) is 18.3 Å². The molecular weight excluding hydrogens is 242 g/mol. The first-order valence-corrected chi connectivity index (χ1v) is 6.84. The second kappa shape index (κ2) is 4.81. The number of fused-ring (bicyclic) bond motifs is 1. The molecule has 2 aliphatic rings. The second-order valence-corrected chi connectivity index (χ2v) is 5.32. The molecule has 2 fully saturated rings. The van der Waals surface area contributed by atoms with Gasteiger partial charge >= 0.3 is 0 Å². The number of amides is 1. The number of aromatic nitrogens is 1. The Morgan fingerprint density at radius 3 is 3.11 bits per heavy atom. The summed E-state index contributed by atoms with van der Waals surface area (Å²) in [6.07, 6.45) is 2.84. The molecule has 1 N–H and O–H groups in total. The number of piperazine rings is 1. The number of hydrogen-bond acceptors (Lipinski definition) is 4. The number of nitrogens with zero attached hydrogens (tertiary/aromatic N) is 3. The number of aliphatic hydroxyl groups is 1. The van der Waals surface area contributed by atoms with E-state index >= 15 is 0 Å². The van der Waals surface area contributed by atoms with Crippen molar-refractivity contribution >= 4 is 11.7 Å². The van der Waals surface area contributed by atoms with Crippen LogP contribution in [-0.2, 0) is 4.79 Å². The molecule has 0 spiro atoms. The number of aliphatic hydroxyl groups excluding tert-OH is 1. The largest absolute Gasteiger partial charge is 0.389 e. The Morgan fingerprint density at radius 2 is 2.32 bits per heavy atom. The highest BCUT2D eigenvalue weighted by molar-refractivity contribution is 5.79. The molecule has 1 unspecified atom stereocenters. The predicted octanol–water partition coefficient (Wildman–Crippen LogP) is 0.946. The number of carbonyl (C=O) groups excluding carboxylic acids is 1. The lowest BCUT2D eigenvalue weighted by molar-refractivity contribution is -0.129. The Labute approximate surface area is 112 Å². The van der Waals surface area contributed by atoms with Crippen LogP contribution >= 0.6 is 0 Å². The Kier molecular flexibility index (Phi) is 3.14. The molecule has 0 aliphatic carbocycles. The molecule has 1 amide bonds. The molecule has 5 nitrogen and oxygen atoms in total. The van der Waals surface area contributed by atoms with Crippen LogP contribution in [0.3, 0.4) is 0 Å². The third-order valence-electron chi connectivity index (χ3n) is 4.06. The first-order valence-electron chi connectivity index (χ1n) is 6.84. The van der Waals surface area contributed by atoms with E-state index in [9.17, 15) is 9.90 Å². The molecule has 2 atom stereocenters. The highest BCUT2D eigenvalue weighted by atomic mass is 16.3. The van der Waals surface area contributed by atoms with Gasteiger partial charge in [-0.3, -0.25) is 4.79 Å². The molecule has 19 heavy (non-hydrogen) atoms. The minimum absolute atomic E-state index is 0.279. The van der Waals surface area contributed by atoms with Crippen LogP contribution in [0.5, 0.6) is 0 Å². The summed E-state index contributed by atoms with van der Waals surface area (Å²) in [4.78, 5) is 20.3. The molecule has 1 aromatic heterocycles. The van der Waals surface area contributed by atoms with Gasteiger partial charge in [-0.15, -0.1) is 0 Å². The summed E-state index contributed by atoms with van der Waals surface area (Å²) in [6, 6.07) is 4.07. The standard InChI is InChI=1S/C14H19N3O2/c1-10(18)12-3-2-6-15-14(12)16-7-8-17-11(9-16)4-5-13(17)19/h2-3,6,10-11,18H,4-5,7-9H2,1H3/t10-,11?/m1/s1. The lowest BCUT2D eigenvalue weighted by atomic mass is 10.1. The molecule has 102 valence electrons. The maximum Gasteiger partial charge on any atom is 0.223 e. The highest BCUT2D eigenvalue weighted by Gasteiger charge is 2.36. The number of rotatable bonds is 2. The summed E-state index contributed by atoms with van der Waals surface area (Å²) in [6.45, 7) is 4.14. The van der Waals surface area contributed by atoms with Crippen LogP contribution in [-0.4, -0.2) is 46.6 Å². The molecule has 2 saturated heterocycles. The van der Waals surface area contributed by atoms with Crippen LogP contribution in [0.4, 0.5) is 5.82 Å². The van der Waals surface area contributed by atoms with Gasteiger partial charge in [0.25, 0.3) is 0 Å². The summed E-state index contributed by atoms with van der Waals surface area (Å²) in [7, 11) is 0. The van der Waals surface area contributed by atoms with E-state index in [-0.39, 0.29) is 5.91 Å². The van der Waals surface area contributed by atoms with E-state index in [0.717, 1.165) is 37.4 Å². The van der Waals surface area contributed by atoms with Crippen molar-refractivity contribution in [1.29, 1.82) is 0 Å². The molecule has 5 heteroatoms. The van der Waals surface area contributed by atoms with Crippen molar-refractivity contribution in [3.63, 3.8) is 0 Å². The molecule has 0 radical (unpaired) electrons. The van der Waals surface area contributed by atoms with E-state index in [0.29, 0.717) is 12.5 Å². The van der Waals surface area contributed by atoms with E-state index in [1.807, 2.05) is 17.0 Å². The normalized spacial score (nSPS) is 24.5. The van der Waals surface area contributed by atoms with Crippen molar-refractivity contribution in [2.45, 2.75) is 31.9 Å². The Balaban J connectivity index is 1.83. The van der Waals surface area contributed by atoms with E-state index in [1.54, 1.807) is 13.1 Å². The topological polar surface area (TPSA) is 56.7 Å². The zero-order chi connectivity index (χ0) is 13.4. The maximum atomic E-state index is 11.7. The number of anilines is 1. The first-order chi connectivity index (χ1) is 9.16. The molecule has 2 aliphatic heterocycles. The molecule has 0 bridgehead atoms. The van der Waals surface area contributed by atoms with Gasteiger partial charge in [0.05, 0.1) is 6.10 Å². The van der Waals surface area contributed by atoms with Crippen molar-refractivity contribution in [2.24, 2.45) is 0 Å². The minimum Gasteiger partial charge on any atom is -0.389 e. The SMILES string of the molecule is C[C@@H](O)c1cccnc1N1CCN2C(=O)CCC2C1. The fourth-order valence-corrected chi connectivity index (χ4v) is 3.06. The molecule has 1 aromatic rings. The number of carbonyl (C=O) groups is 1. The minimum atomic E-state index is -0.521. The smallest absolute Gasteiger partial charge is 0.223 e. The highest BCUT2D eigenvalue weighted by Crippen LogP contribution is 2.29. The summed E-state index contributed by atoms with van der Waals surface area (Å²) in [5.74, 6) is 1.14. The van der Waals surface area contributed by atoms with Gasteiger partial charge in [-0.1, -0.05) is 6.07 Å². The van der Waals surface area contributed by atoms with Gasteiger partial charge in [0.1, 0.15) is 5.82 Å². The average Bonchev–Trinajstić information content (AvgIpc) is 2.80. The lowest BCUT2D eigenvalue weighted by Gasteiger charge is -2.39.